The van der Waals surface area contributed by atoms with Crippen LogP contribution in [0.3, 0.4) is 0 Å². The van der Waals surface area contributed by atoms with Crippen LogP contribution in [0.4, 0.5) is 0 Å². The molecular weight excluding hydrogens is 318 g/mol. The fourth-order valence-corrected chi connectivity index (χ4v) is 0. The van der Waals surface area contributed by atoms with Crippen molar-refractivity contribution in [2.75, 3.05) is 6.61 Å². The summed E-state index contributed by atoms with van der Waals surface area (Å²) in [6.45, 7) is 1.81. The van der Waals surface area contributed by atoms with Gasteiger partial charge in [-0.3, -0.25) is 0 Å². The van der Waals surface area contributed by atoms with Gasteiger partial charge in [0.1, 0.15) is 0 Å². The summed E-state index contributed by atoms with van der Waals surface area (Å²) in [4.78, 5) is 51.3. The molecule has 0 heterocycles. The van der Waals surface area contributed by atoms with Gasteiger partial charge in [0.15, 0.2) is 0 Å². The Hall–Kier alpha value is 1.73. The van der Waals surface area contributed by atoms with E-state index in [0.29, 0.717) is 0 Å². The molecule has 0 aromatic carbocycles. The second-order valence-corrected chi connectivity index (χ2v) is 4.39. The van der Waals surface area contributed by atoms with E-state index in [1.54, 1.807) is 6.92 Å². The van der Waals surface area contributed by atoms with Crippen LogP contribution in [-0.4, -0.2) is 54.8 Å². The second-order valence-electron chi connectivity index (χ2n) is 1.86. The summed E-state index contributed by atoms with van der Waals surface area (Å²) < 4.78 is 17.1. The van der Waals surface area contributed by atoms with Crippen LogP contribution >= 0.6 is 27.2 Å². The molecule has 0 saturated heterocycles. The van der Waals surface area contributed by atoms with Crippen LogP contribution in [0, 0.1) is 0 Å². The fourth-order valence-electron chi connectivity index (χ4n) is 0. The van der Waals surface area contributed by atoms with Crippen molar-refractivity contribution in [2.45, 2.75) is 12.3 Å². The van der Waals surface area contributed by atoms with Crippen molar-refractivity contribution < 1.29 is 43.6 Å². The molecule has 0 saturated carbocycles. The number of hydrogen-bond donors (Lipinski definition) is 1. The zero-order valence-electron chi connectivity index (χ0n) is 7.98. The summed E-state index contributed by atoms with van der Waals surface area (Å²) in [5.74, 6) is 0. The van der Waals surface area contributed by atoms with E-state index in [-0.39, 0.29) is 49.7 Å². The predicted molar refractivity (Wildman–Crippen MR) is 43.4 cm³/mol. The topological polar surface area (TPSA) is 193 Å². The Morgan fingerprint density at radius 2 is 1.12 bits per heavy atom. The molecular formula is C3H7CaClO9P2-4. The molecule has 0 aliphatic rings. The van der Waals surface area contributed by atoms with E-state index in [2.05, 4.69) is 0 Å². The molecule has 0 bridgehead atoms. The van der Waals surface area contributed by atoms with E-state index in [4.69, 9.17) is 55.2 Å². The predicted octanol–water partition coefficient (Wildman–Crippen LogP) is -5.42. The van der Waals surface area contributed by atoms with E-state index in [1.165, 1.54) is 0 Å². The van der Waals surface area contributed by atoms with E-state index in [0.717, 1.165) is 0 Å². The standard InChI is InChI=1S/C3H7ClO.Ca.2H3O4P/c1-3(4)2-5;;2*1-5(2,3)4/h3,5H,2H2,1H3;;2*(H3,1,2,3,4)/q;+2;;/p-6. The molecule has 0 amide bonds. The average Bonchev–Trinajstić information content (AvgIpc) is 1.79. The van der Waals surface area contributed by atoms with Gasteiger partial charge in [-0.25, -0.2) is 0 Å². The maximum Gasteiger partial charge on any atom is 2.00 e. The molecule has 0 aromatic rings. The van der Waals surface area contributed by atoms with Crippen molar-refractivity contribution in [1.29, 1.82) is 0 Å². The van der Waals surface area contributed by atoms with Crippen molar-refractivity contribution in [1.82, 2.24) is 0 Å². The number of alkyl halides is 1. The Labute approximate surface area is 127 Å². The van der Waals surface area contributed by atoms with Gasteiger partial charge in [0.2, 0.25) is 0 Å². The molecule has 1 unspecified atom stereocenters. The van der Waals surface area contributed by atoms with E-state index >= 15 is 0 Å². The summed E-state index contributed by atoms with van der Waals surface area (Å²) >= 11 is 5.21. The maximum absolute atomic E-state index is 8.55. The number of phosphoric acid groups is 2. The van der Waals surface area contributed by atoms with Gasteiger partial charge < -0.3 is 43.6 Å². The number of halogens is 1. The number of aliphatic hydroxyl groups excluding tert-OH is 1. The SMILES string of the molecule is CC(Cl)CO.O=P([O-])([O-])[O-].O=P([O-])([O-])[O-].[Ca+2]. The Morgan fingerprint density at radius 1 is 1.06 bits per heavy atom. The van der Waals surface area contributed by atoms with Crippen molar-refractivity contribution >= 4 is 65.0 Å². The molecule has 16 heavy (non-hydrogen) atoms. The first kappa shape index (κ1) is 26.3. The molecule has 13 heteroatoms. The summed E-state index contributed by atoms with van der Waals surface area (Å²) in [6, 6.07) is 0. The van der Waals surface area contributed by atoms with Gasteiger partial charge in [0.25, 0.3) is 0 Å². The number of rotatable bonds is 1. The van der Waals surface area contributed by atoms with Crippen LogP contribution in [-0.2, 0) is 9.13 Å². The van der Waals surface area contributed by atoms with Crippen LogP contribution in [0.2, 0.25) is 0 Å². The third-order valence-electron chi connectivity index (χ3n) is 0.252. The smallest absolute Gasteiger partial charge is 0.822 e. The van der Waals surface area contributed by atoms with E-state index in [9.17, 15) is 0 Å². The van der Waals surface area contributed by atoms with Crippen molar-refractivity contribution in [2.24, 2.45) is 0 Å². The molecule has 0 radical (unpaired) electrons. The van der Waals surface area contributed by atoms with Crippen molar-refractivity contribution in [3.63, 3.8) is 0 Å². The number of hydrogen-bond acceptors (Lipinski definition) is 9. The van der Waals surface area contributed by atoms with Crippen LogP contribution in [0.25, 0.3) is 0 Å². The Balaban J connectivity index is -0.0000000655. The van der Waals surface area contributed by atoms with Gasteiger partial charge in [-0.1, -0.05) is 0 Å². The monoisotopic (exact) mass is 324 g/mol. The largest absolute Gasteiger partial charge is 2.00 e. The first-order valence-electron chi connectivity index (χ1n) is 2.98. The van der Waals surface area contributed by atoms with Crippen LogP contribution < -0.4 is 29.4 Å². The normalized spacial score (nSPS) is 12.1. The molecule has 0 aliphatic heterocycles. The average molecular weight is 325 g/mol. The Kier molecular flexibility index (Phi) is 21.7. The van der Waals surface area contributed by atoms with Gasteiger partial charge in [-0.05, 0) is 6.92 Å². The molecule has 0 aliphatic carbocycles. The van der Waals surface area contributed by atoms with Gasteiger partial charge in [0, 0.05) is 0 Å². The Bertz CT molecular complexity index is 186. The quantitative estimate of drug-likeness (QED) is 0.278. The summed E-state index contributed by atoms with van der Waals surface area (Å²) in [5.41, 5.74) is 0. The van der Waals surface area contributed by atoms with Gasteiger partial charge in [-0.15, -0.1) is 11.6 Å². The molecule has 96 valence electrons. The van der Waals surface area contributed by atoms with E-state index in [1.807, 2.05) is 0 Å². The Morgan fingerprint density at radius 3 is 1.12 bits per heavy atom. The van der Waals surface area contributed by atoms with Crippen LogP contribution in [0.1, 0.15) is 6.92 Å². The summed E-state index contributed by atoms with van der Waals surface area (Å²) in [6.07, 6.45) is 0. The third-order valence-corrected chi connectivity index (χ3v) is 0.390. The first-order valence-corrected chi connectivity index (χ1v) is 6.34. The number of aliphatic hydroxyl groups is 1. The van der Waals surface area contributed by atoms with Gasteiger partial charge in [0.05, 0.1) is 12.0 Å². The van der Waals surface area contributed by atoms with Crippen molar-refractivity contribution in [3.05, 3.63) is 0 Å². The minimum atomic E-state index is -5.39. The molecule has 9 nitrogen and oxygen atoms in total. The zero-order valence-corrected chi connectivity index (χ0v) is 12.7. The molecule has 1 atom stereocenters. The summed E-state index contributed by atoms with van der Waals surface area (Å²) in [5, 5.41) is 7.92. The second kappa shape index (κ2) is 13.2. The minimum absolute atomic E-state index is 0. The molecule has 0 spiro atoms. The fraction of sp³-hybridized carbons (Fsp3) is 1.00. The van der Waals surface area contributed by atoms with Crippen molar-refractivity contribution in [3.8, 4) is 0 Å². The third kappa shape index (κ3) is 245. The molecule has 0 rings (SSSR count). The van der Waals surface area contributed by atoms with Gasteiger partial charge in [-0.2, -0.15) is 15.6 Å². The molecule has 1 N–H and O–H groups in total. The van der Waals surface area contributed by atoms with Crippen LogP contribution in [0.15, 0.2) is 0 Å². The zero-order chi connectivity index (χ0) is 13.3. The molecule has 0 aromatic heterocycles. The molecule has 0 fully saturated rings. The minimum Gasteiger partial charge on any atom is -0.822 e. The summed E-state index contributed by atoms with van der Waals surface area (Å²) in [7, 11) is -10.8. The van der Waals surface area contributed by atoms with Crippen LogP contribution in [0.5, 0.6) is 0 Å². The first-order chi connectivity index (χ1) is 6.27. The van der Waals surface area contributed by atoms with E-state index < -0.39 is 15.6 Å². The maximum atomic E-state index is 8.55. The van der Waals surface area contributed by atoms with Gasteiger partial charge >= 0.3 is 37.7 Å².